The molecule has 3 aromatic carbocycles. The van der Waals surface area contributed by atoms with E-state index >= 15 is 0 Å². The van der Waals surface area contributed by atoms with Crippen LogP contribution in [0.5, 0.6) is 11.5 Å². The van der Waals surface area contributed by atoms with Gasteiger partial charge in [-0.15, -0.1) is 11.3 Å². The quantitative estimate of drug-likeness (QED) is 0.238. The molecule has 204 valence electrons. The van der Waals surface area contributed by atoms with Crippen LogP contribution in [-0.4, -0.2) is 35.5 Å². The average molecular weight is 555 g/mol. The van der Waals surface area contributed by atoms with Gasteiger partial charge in [0.05, 0.1) is 35.9 Å². The highest BCUT2D eigenvalue weighted by atomic mass is 32.1. The minimum Gasteiger partial charge on any atom is -0.503 e. The lowest BCUT2D eigenvalue weighted by molar-refractivity contribution is -0.117. The van der Waals surface area contributed by atoms with E-state index in [-0.39, 0.29) is 5.57 Å². The molecule has 0 bridgehead atoms. The molecule has 1 amide bonds. The fourth-order valence-corrected chi connectivity index (χ4v) is 5.97. The lowest BCUT2D eigenvalue weighted by Gasteiger charge is -2.29. The molecule has 5 rings (SSSR count). The molecule has 1 N–H and O–H groups in total. The van der Waals surface area contributed by atoms with Crippen molar-refractivity contribution < 1.29 is 24.2 Å². The summed E-state index contributed by atoms with van der Waals surface area (Å²) in [5.41, 5.74) is 4.44. The third-order valence-electron chi connectivity index (χ3n) is 6.90. The number of aliphatic hydroxyl groups is 1. The standard InChI is InChI=1S/C32H30N2O5S/c1-6-39-25-17-22(14-15-24(25)38-5)27-26(29(36)32(37)34(27)23-16-18(2)12-13-19(23)3)28(35)30-20(4)33-31(40-30)21-10-8-7-9-11-21/h7-17,27,36H,6H2,1-5H3. The molecule has 1 aliphatic rings. The van der Waals surface area contributed by atoms with E-state index in [2.05, 4.69) is 4.98 Å². The number of hydrogen-bond acceptors (Lipinski definition) is 7. The lowest BCUT2D eigenvalue weighted by Crippen LogP contribution is -2.31. The second-order valence-corrected chi connectivity index (χ2v) is 10.6. The van der Waals surface area contributed by atoms with E-state index < -0.39 is 23.5 Å². The Kier molecular flexibility index (Phi) is 7.45. The Balaban J connectivity index is 1.68. The van der Waals surface area contributed by atoms with Crippen molar-refractivity contribution in [3.63, 3.8) is 0 Å². The fourth-order valence-electron chi connectivity index (χ4n) is 4.95. The SMILES string of the molecule is CCOc1cc(C2C(C(=O)c3sc(-c4ccccc4)nc3C)=C(O)C(=O)N2c2cc(C)ccc2C)ccc1OC. The highest BCUT2D eigenvalue weighted by molar-refractivity contribution is 7.17. The number of thiazole rings is 1. The van der Waals surface area contributed by atoms with Crippen LogP contribution in [0.4, 0.5) is 5.69 Å². The van der Waals surface area contributed by atoms with Crippen LogP contribution >= 0.6 is 11.3 Å². The van der Waals surface area contributed by atoms with E-state index in [1.807, 2.05) is 69.3 Å². The molecule has 0 saturated heterocycles. The van der Waals surface area contributed by atoms with Crippen LogP contribution in [0.1, 0.15) is 45.0 Å². The number of nitrogens with zero attached hydrogens (tertiary/aromatic N) is 2. The van der Waals surface area contributed by atoms with Gasteiger partial charge < -0.3 is 14.6 Å². The number of ether oxygens (including phenoxy) is 2. The number of methoxy groups -OCH3 is 1. The van der Waals surface area contributed by atoms with E-state index in [0.29, 0.717) is 44.9 Å². The molecule has 7 nitrogen and oxygen atoms in total. The van der Waals surface area contributed by atoms with Crippen molar-refractivity contribution in [2.24, 2.45) is 0 Å². The van der Waals surface area contributed by atoms with Gasteiger partial charge in [-0.3, -0.25) is 14.5 Å². The van der Waals surface area contributed by atoms with E-state index in [0.717, 1.165) is 16.7 Å². The summed E-state index contributed by atoms with van der Waals surface area (Å²) in [5, 5.41) is 12.0. The Bertz CT molecular complexity index is 1640. The van der Waals surface area contributed by atoms with Gasteiger partial charge in [-0.05, 0) is 62.6 Å². The van der Waals surface area contributed by atoms with Crippen LogP contribution < -0.4 is 14.4 Å². The first kappa shape index (κ1) is 27.1. The first-order chi connectivity index (χ1) is 19.2. The summed E-state index contributed by atoms with van der Waals surface area (Å²) in [5.74, 6) is -0.635. The van der Waals surface area contributed by atoms with E-state index in [1.54, 1.807) is 32.2 Å². The van der Waals surface area contributed by atoms with Gasteiger partial charge in [0, 0.05) is 11.3 Å². The highest BCUT2D eigenvalue weighted by Gasteiger charge is 2.46. The topological polar surface area (TPSA) is 89.0 Å². The van der Waals surface area contributed by atoms with Gasteiger partial charge in [0.25, 0.3) is 5.91 Å². The minimum absolute atomic E-state index is 0.00452. The monoisotopic (exact) mass is 554 g/mol. The van der Waals surface area contributed by atoms with Crippen molar-refractivity contribution in [3.05, 3.63) is 105 Å². The van der Waals surface area contributed by atoms with Gasteiger partial charge in [-0.25, -0.2) is 4.98 Å². The molecule has 0 fully saturated rings. The normalized spacial score (nSPS) is 15.1. The van der Waals surface area contributed by atoms with Crippen LogP contribution in [0.25, 0.3) is 10.6 Å². The molecule has 1 aromatic heterocycles. The summed E-state index contributed by atoms with van der Waals surface area (Å²) < 4.78 is 11.3. The van der Waals surface area contributed by atoms with Crippen molar-refractivity contribution in [3.8, 4) is 22.1 Å². The first-order valence-corrected chi connectivity index (χ1v) is 13.8. The smallest absolute Gasteiger partial charge is 0.294 e. The summed E-state index contributed by atoms with van der Waals surface area (Å²) in [4.78, 5) is 34.5. The van der Waals surface area contributed by atoms with Gasteiger partial charge in [-0.2, -0.15) is 0 Å². The zero-order chi connectivity index (χ0) is 28.6. The maximum Gasteiger partial charge on any atom is 0.294 e. The third kappa shape index (κ3) is 4.75. The van der Waals surface area contributed by atoms with Crippen molar-refractivity contribution >= 4 is 28.7 Å². The molecule has 0 spiro atoms. The first-order valence-electron chi connectivity index (χ1n) is 13.0. The second kappa shape index (κ2) is 11.0. The molecule has 0 aliphatic carbocycles. The predicted octanol–water partition coefficient (Wildman–Crippen LogP) is 6.93. The predicted molar refractivity (Wildman–Crippen MR) is 157 cm³/mol. The van der Waals surface area contributed by atoms with Crippen LogP contribution in [-0.2, 0) is 4.79 Å². The van der Waals surface area contributed by atoms with Crippen molar-refractivity contribution in [2.45, 2.75) is 33.7 Å². The number of aromatic nitrogens is 1. The van der Waals surface area contributed by atoms with Crippen LogP contribution in [0.2, 0.25) is 0 Å². The zero-order valence-corrected chi connectivity index (χ0v) is 23.8. The highest BCUT2D eigenvalue weighted by Crippen LogP contribution is 2.46. The number of carbonyl (C=O) groups excluding carboxylic acids is 2. The van der Waals surface area contributed by atoms with E-state index in [4.69, 9.17) is 9.47 Å². The number of aliphatic hydroxyl groups excluding tert-OH is 1. The molecule has 0 radical (unpaired) electrons. The molecule has 0 saturated carbocycles. The molecule has 1 aliphatic heterocycles. The van der Waals surface area contributed by atoms with E-state index in [9.17, 15) is 14.7 Å². The Morgan fingerprint density at radius 3 is 2.48 bits per heavy atom. The summed E-state index contributed by atoms with van der Waals surface area (Å²) in [6.45, 7) is 7.87. The average Bonchev–Trinajstić information content (AvgIpc) is 3.47. The molecular weight excluding hydrogens is 524 g/mol. The summed E-state index contributed by atoms with van der Waals surface area (Å²) in [6, 6.07) is 19.8. The van der Waals surface area contributed by atoms with Crippen LogP contribution in [0, 0.1) is 20.8 Å². The van der Waals surface area contributed by atoms with Crippen LogP contribution in [0.15, 0.2) is 78.1 Å². The molecule has 4 aromatic rings. The second-order valence-electron chi connectivity index (χ2n) is 9.60. The Morgan fingerprint density at radius 2 is 1.77 bits per heavy atom. The third-order valence-corrected chi connectivity index (χ3v) is 8.11. The molecule has 1 unspecified atom stereocenters. The van der Waals surface area contributed by atoms with Gasteiger partial charge in [0.2, 0.25) is 5.78 Å². The zero-order valence-electron chi connectivity index (χ0n) is 23.0. The number of rotatable bonds is 8. The summed E-state index contributed by atoms with van der Waals surface area (Å²) in [7, 11) is 1.55. The van der Waals surface area contributed by atoms with Crippen LogP contribution in [0.3, 0.4) is 0 Å². The van der Waals surface area contributed by atoms with Crippen molar-refractivity contribution in [2.75, 3.05) is 18.6 Å². The number of ketones is 1. The summed E-state index contributed by atoms with van der Waals surface area (Å²) in [6.07, 6.45) is 0. The minimum atomic E-state index is -0.896. The van der Waals surface area contributed by atoms with Crippen molar-refractivity contribution in [1.82, 2.24) is 4.98 Å². The van der Waals surface area contributed by atoms with Gasteiger partial charge in [0.1, 0.15) is 5.01 Å². The van der Waals surface area contributed by atoms with Gasteiger partial charge in [0.15, 0.2) is 17.3 Å². The maximum atomic E-state index is 14.2. The number of anilines is 1. The Labute approximate surface area is 237 Å². The number of hydrogen-bond donors (Lipinski definition) is 1. The van der Waals surface area contributed by atoms with Crippen molar-refractivity contribution in [1.29, 1.82) is 0 Å². The number of aryl methyl sites for hydroxylation is 3. The van der Waals surface area contributed by atoms with E-state index in [1.165, 1.54) is 16.2 Å². The lowest BCUT2D eigenvalue weighted by atomic mass is 9.94. The summed E-state index contributed by atoms with van der Waals surface area (Å²) >= 11 is 1.25. The molecule has 40 heavy (non-hydrogen) atoms. The number of Topliss-reactive ketones (excluding diaryl/α,β-unsaturated/α-hetero) is 1. The van der Waals surface area contributed by atoms with Gasteiger partial charge in [-0.1, -0.05) is 48.5 Å². The Hall–Kier alpha value is -4.43. The molecular formula is C32H30N2O5S. The number of carbonyl (C=O) groups is 2. The fraction of sp³-hybridized carbons (Fsp3) is 0.219. The number of benzene rings is 3. The van der Waals surface area contributed by atoms with Gasteiger partial charge >= 0.3 is 0 Å². The molecule has 1 atom stereocenters. The maximum absolute atomic E-state index is 14.2. The Morgan fingerprint density at radius 1 is 1.02 bits per heavy atom. The number of amides is 1. The largest absolute Gasteiger partial charge is 0.503 e. The molecule has 2 heterocycles. The molecule has 8 heteroatoms.